The highest BCUT2D eigenvalue weighted by atomic mass is 35.5. The minimum Gasteiger partial charge on any atom is -0.271 e. The van der Waals surface area contributed by atoms with Gasteiger partial charge < -0.3 is 0 Å². The first-order chi connectivity index (χ1) is 9.47. The largest absolute Gasteiger partial charge is 0.271 e. The number of hydrogen-bond donors (Lipinski definition) is 2. The van der Waals surface area contributed by atoms with Gasteiger partial charge in [0.05, 0.1) is 23.0 Å². The molecule has 1 heterocycles. The van der Waals surface area contributed by atoms with E-state index >= 15 is 0 Å². The highest BCUT2D eigenvalue weighted by Gasteiger charge is 2.25. The number of aryl methyl sites for hydroxylation is 1. The number of benzene rings is 1. The molecule has 0 radical (unpaired) electrons. The number of hydrogen-bond acceptors (Lipinski definition) is 3. The van der Waals surface area contributed by atoms with Crippen LogP contribution < -0.4 is 11.3 Å². The minimum atomic E-state index is -0.549. The molecule has 2 rings (SSSR count). The quantitative estimate of drug-likeness (QED) is 0.673. The molecule has 0 saturated heterocycles. The van der Waals surface area contributed by atoms with Gasteiger partial charge in [0, 0.05) is 11.6 Å². The first-order valence-electron chi connectivity index (χ1n) is 6.41. The second-order valence-corrected chi connectivity index (χ2v) is 5.40. The molecule has 1 atom stereocenters. The lowest BCUT2D eigenvalue weighted by Gasteiger charge is -2.21. The molecule has 4 nitrogen and oxygen atoms in total. The van der Waals surface area contributed by atoms with E-state index in [0.717, 1.165) is 0 Å². The zero-order valence-electron chi connectivity index (χ0n) is 11.7. The third-order valence-electron chi connectivity index (χ3n) is 3.25. The Labute approximate surface area is 122 Å². The van der Waals surface area contributed by atoms with Gasteiger partial charge >= 0.3 is 0 Å². The Balaban J connectivity index is 2.58. The van der Waals surface area contributed by atoms with Crippen molar-refractivity contribution in [2.75, 3.05) is 0 Å². The Morgan fingerprint density at radius 3 is 2.70 bits per heavy atom. The molecule has 1 aromatic heterocycles. The molecule has 6 heteroatoms. The van der Waals surface area contributed by atoms with Crippen molar-refractivity contribution in [1.29, 1.82) is 0 Å². The Morgan fingerprint density at radius 2 is 2.10 bits per heavy atom. The Kier molecular flexibility index (Phi) is 4.42. The maximum Gasteiger partial charge on any atom is 0.131 e. The van der Waals surface area contributed by atoms with Crippen LogP contribution in [-0.4, -0.2) is 9.78 Å². The standard InChI is InChI=1S/C14H18ClFN4/c1-8(2)20-14(11(15)7-18-20)13(19-17)10-6-4-5-9(3)12(10)16/h4-8,13,19H,17H2,1-3H3. The summed E-state index contributed by atoms with van der Waals surface area (Å²) >= 11 is 6.20. The highest BCUT2D eigenvalue weighted by molar-refractivity contribution is 6.31. The molecular weight excluding hydrogens is 279 g/mol. The van der Waals surface area contributed by atoms with Gasteiger partial charge in [-0.05, 0) is 26.3 Å². The number of rotatable bonds is 4. The van der Waals surface area contributed by atoms with Gasteiger partial charge in [0.25, 0.3) is 0 Å². The smallest absolute Gasteiger partial charge is 0.131 e. The summed E-state index contributed by atoms with van der Waals surface area (Å²) in [4.78, 5) is 0. The first kappa shape index (κ1) is 15.0. The van der Waals surface area contributed by atoms with Gasteiger partial charge in [0.15, 0.2) is 0 Å². The van der Waals surface area contributed by atoms with E-state index in [1.54, 1.807) is 36.0 Å². The monoisotopic (exact) mass is 296 g/mol. The molecule has 20 heavy (non-hydrogen) atoms. The topological polar surface area (TPSA) is 55.9 Å². The number of nitrogens with two attached hydrogens (primary N) is 1. The first-order valence-corrected chi connectivity index (χ1v) is 6.79. The summed E-state index contributed by atoms with van der Waals surface area (Å²) in [6.45, 7) is 5.67. The number of hydrazine groups is 1. The van der Waals surface area contributed by atoms with E-state index in [-0.39, 0.29) is 11.9 Å². The molecule has 3 N–H and O–H groups in total. The number of aromatic nitrogens is 2. The average Bonchev–Trinajstić information content (AvgIpc) is 2.78. The Bertz CT molecular complexity index is 609. The molecule has 0 aliphatic carbocycles. The minimum absolute atomic E-state index is 0.0984. The molecule has 1 unspecified atom stereocenters. The van der Waals surface area contributed by atoms with Crippen LogP contribution in [0.3, 0.4) is 0 Å². The van der Waals surface area contributed by atoms with E-state index in [4.69, 9.17) is 17.4 Å². The van der Waals surface area contributed by atoms with Crippen molar-refractivity contribution in [1.82, 2.24) is 15.2 Å². The molecule has 0 spiro atoms. The van der Waals surface area contributed by atoms with Crippen molar-refractivity contribution in [2.24, 2.45) is 5.84 Å². The van der Waals surface area contributed by atoms with E-state index < -0.39 is 6.04 Å². The van der Waals surface area contributed by atoms with Gasteiger partial charge in [-0.25, -0.2) is 9.82 Å². The van der Waals surface area contributed by atoms with Crippen LogP contribution in [0.2, 0.25) is 5.02 Å². The van der Waals surface area contributed by atoms with Crippen LogP contribution in [-0.2, 0) is 0 Å². The normalized spacial score (nSPS) is 12.9. The lowest BCUT2D eigenvalue weighted by molar-refractivity contribution is 0.466. The fourth-order valence-corrected chi connectivity index (χ4v) is 2.48. The molecule has 0 fully saturated rings. The van der Waals surface area contributed by atoms with E-state index in [2.05, 4.69) is 10.5 Å². The Morgan fingerprint density at radius 1 is 1.40 bits per heavy atom. The molecule has 108 valence electrons. The van der Waals surface area contributed by atoms with E-state index in [1.165, 1.54) is 0 Å². The van der Waals surface area contributed by atoms with Crippen LogP contribution >= 0.6 is 11.6 Å². The molecule has 0 amide bonds. The molecule has 0 aliphatic rings. The molecule has 0 saturated carbocycles. The predicted octanol–water partition coefficient (Wildman–Crippen LogP) is 3.12. The second-order valence-electron chi connectivity index (χ2n) is 4.99. The van der Waals surface area contributed by atoms with Gasteiger partial charge in [-0.15, -0.1) is 0 Å². The zero-order valence-corrected chi connectivity index (χ0v) is 12.4. The van der Waals surface area contributed by atoms with Crippen LogP contribution in [0.25, 0.3) is 0 Å². The van der Waals surface area contributed by atoms with Crippen LogP contribution in [0.15, 0.2) is 24.4 Å². The summed E-state index contributed by atoms with van der Waals surface area (Å²) in [7, 11) is 0. The van der Waals surface area contributed by atoms with Crippen LogP contribution in [0.5, 0.6) is 0 Å². The lowest BCUT2D eigenvalue weighted by atomic mass is 10.0. The van der Waals surface area contributed by atoms with Crippen molar-refractivity contribution in [2.45, 2.75) is 32.9 Å². The molecule has 0 bridgehead atoms. The molecule has 2 aromatic rings. The van der Waals surface area contributed by atoms with Gasteiger partial charge in [-0.3, -0.25) is 10.5 Å². The van der Waals surface area contributed by atoms with Gasteiger partial charge in [-0.1, -0.05) is 29.8 Å². The third kappa shape index (κ3) is 2.57. The van der Waals surface area contributed by atoms with Crippen LogP contribution in [0.4, 0.5) is 4.39 Å². The van der Waals surface area contributed by atoms with Gasteiger partial charge in [0.2, 0.25) is 0 Å². The van der Waals surface area contributed by atoms with Crippen molar-refractivity contribution in [3.63, 3.8) is 0 Å². The van der Waals surface area contributed by atoms with Gasteiger partial charge in [-0.2, -0.15) is 5.10 Å². The van der Waals surface area contributed by atoms with Crippen molar-refractivity contribution in [3.05, 3.63) is 52.1 Å². The number of nitrogens with one attached hydrogen (secondary N) is 1. The SMILES string of the molecule is Cc1cccc(C(NN)c2c(Cl)cnn2C(C)C)c1F. The third-order valence-corrected chi connectivity index (χ3v) is 3.54. The van der Waals surface area contributed by atoms with Crippen LogP contribution in [0.1, 0.15) is 42.8 Å². The highest BCUT2D eigenvalue weighted by Crippen LogP contribution is 2.31. The second kappa shape index (κ2) is 5.91. The lowest BCUT2D eigenvalue weighted by Crippen LogP contribution is -2.32. The summed E-state index contributed by atoms with van der Waals surface area (Å²) in [6, 6.07) is 4.75. The van der Waals surface area contributed by atoms with E-state index in [0.29, 0.717) is 21.8 Å². The van der Waals surface area contributed by atoms with E-state index in [9.17, 15) is 4.39 Å². The summed E-state index contributed by atoms with van der Waals surface area (Å²) in [5, 5.41) is 4.69. The summed E-state index contributed by atoms with van der Waals surface area (Å²) in [6.07, 6.45) is 1.55. The summed E-state index contributed by atoms with van der Waals surface area (Å²) < 4.78 is 16.1. The fourth-order valence-electron chi connectivity index (χ4n) is 2.24. The fraction of sp³-hybridized carbons (Fsp3) is 0.357. The number of nitrogens with zero attached hydrogens (tertiary/aromatic N) is 2. The van der Waals surface area contributed by atoms with E-state index in [1.807, 2.05) is 13.8 Å². The summed E-state index contributed by atoms with van der Waals surface area (Å²) in [5.74, 6) is 5.35. The molecule has 1 aromatic carbocycles. The van der Waals surface area contributed by atoms with Crippen LogP contribution in [0, 0.1) is 12.7 Å². The van der Waals surface area contributed by atoms with Crippen molar-refractivity contribution in [3.8, 4) is 0 Å². The molecule has 0 aliphatic heterocycles. The van der Waals surface area contributed by atoms with Gasteiger partial charge in [0.1, 0.15) is 5.82 Å². The average molecular weight is 297 g/mol. The summed E-state index contributed by atoms with van der Waals surface area (Å²) in [5.41, 5.74) is 4.32. The van der Waals surface area contributed by atoms with Crippen molar-refractivity contribution >= 4 is 11.6 Å². The predicted molar refractivity (Wildman–Crippen MR) is 77.9 cm³/mol. The molecular formula is C14H18ClFN4. The maximum absolute atomic E-state index is 14.3. The number of halogens is 2. The Hall–Kier alpha value is -1.43. The maximum atomic E-state index is 14.3. The zero-order chi connectivity index (χ0) is 14.9. The van der Waals surface area contributed by atoms with Crippen molar-refractivity contribution < 1.29 is 4.39 Å².